The zero-order valence-electron chi connectivity index (χ0n) is 9.56. The highest BCUT2D eigenvalue weighted by molar-refractivity contribution is 5.69. The Kier molecular flexibility index (Phi) is 3.57. The number of aliphatic hydroxyl groups is 1. The Hall–Kier alpha value is -0.810. The Bertz CT molecular complexity index is 237. The number of rotatable bonds is 1. The van der Waals surface area contributed by atoms with Crippen LogP contribution in [0, 0.1) is 0 Å². The molecule has 0 aromatic rings. The number of likely N-dealkylation sites (tertiary alicyclic amines) is 1. The zero-order chi connectivity index (χ0) is 11.6. The van der Waals surface area contributed by atoms with Gasteiger partial charge in [-0.2, -0.15) is 0 Å². The van der Waals surface area contributed by atoms with E-state index in [0.717, 1.165) is 0 Å². The molecule has 1 amide bonds. The van der Waals surface area contributed by atoms with Gasteiger partial charge in [0.25, 0.3) is 0 Å². The molecule has 1 aliphatic heterocycles. The van der Waals surface area contributed by atoms with Crippen molar-refractivity contribution >= 4 is 6.09 Å². The maximum absolute atomic E-state index is 11.7. The summed E-state index contributed by atoms with van der Waals surface area (Å²) < 4.78 is 5.22. The van der Waals surface area contributed by atoms with Gasteiger partial charge in [0.1, 0.15) is 5.60 Å². The number of amides is 1. The monoisotopic (exact) mass is 216 g/mol. The van der Waals surface area contributed by atoms with Gasteiger partial charge in [-0.3, -0.25) is 0 Å². The van der Waals surface area contributed by atoms with E-state index in [4.69, 9.17) is 15.6 Å². The molecule has 1 saturated heterocycles. The molecule has 3 N–H and O–H groups in total. The molecule has 0 saturated carbocycles. The van der Waals surface area contributed by atoms with Crippen LogP contribution in [0.15, 0.2) is 0 Å². The van der Waals surface area contributed by atoms with Crippen LogP contribution in [0.1, 0.15) is 27.2 Å². The molecule has 1 heterocycles. The summed E-state index contributed by atoms with van der Waals surface area (Å²) in [5.74, 6) is 0. The minimum Gasteiger partial charge on any atom is -0.444 e. The lowest BCUT2D eigenvalue weighted by Gasteiger charge is -2.27. The van der Waals surface area contributed by atoms with E-state index in [1.807, 2.05) is 20.8 Å². The van der Waals surface area contributed by atoms with Gasteiger partial charge in [0.15, 0.2) is 0 Å². The number of nitrogens with two attached hydrogens (primary N) is 1. The van der Waals surface area contributed by atoms with Gasteiger partial charge < -0.3 is 20.5 Å². The Balaban J connectivity index is 2.59. The Labute approximate surface area is 90.2 Å². The third-order valence-electron chi connectivity index (χ3n) is 2.29. The fourth-order valence-electron chi connectivity index (χ4n) is 1.67. The SMILES string of the molecule is CC(C)(C)OC(=O)N1CC(N)CC1CO. The lowest BCUT2D eigenvalue weighted by atomic mass is 10.2. The van der Waals surface area contributed by atoms with Gasteiger partial charge in [0.05, 0.1) is 12.6 Å². The van der Waals surface area contributed by atoms with Gasteiger partial charge >= 0.3 is 6.09 Å². The smallest absolute Gasteiger partial charge is 0.410 e. The summed E-state index contributed by atoms with van der Waals surface area (Å²) in [4.78, 5) is 13.2. The van der Waals surface area contributed by atoms with Crippen molar-refractivity contribution in [2.75, 3.05) is 13.2 Å². The van der Waals surface area contributed by atoms with E-state index in [9.17, 15) is 4.79 Å². The highest BCUT2D eigenvalue weighted by Crippen LogP contribution is 2.19. The highest BCUT2D eigenvalue weighted by Gasteiger charge is 2.35. The van der Waals surface area contributed by atoms with Crippen LogP contribution in [0.2, 0.25) is 0 Å². The van der Waals surface area contributed by atoms with Crippen LogP contribution in [-0.2, 0) is 4.74 Å². The maximum atomic E-state index is 11.7. The molecule has 15 heavy (non-hydrogen) atoms. The number of carbonyl (C=O) groups excluding carboxylic acids is 1. The molecule has 88 valence electrons. The standard InChI is InChI=1S/C10H20N2O3/c1-10(2,3)15-9(14)12-5-7(11)4-8(12)6-13/h7-8,13H,4-6,11H2,1-3H3. The number of aliphatic hydroxyl groups excluding tert-OH is 1. The summed E-state index contributed by atoms with van der Waals surface area (Å²) in [5, 5.41) is 9.10. The second-order valence-electron chi connectivity index (χ2n) is 4.96. The largest absolute Gasteiger partial charge is 0.444 e. The Morgan fingerprint density at radius 1 is 1.60 bits per heavy atom. The average molecular weight is 216 g/mol. The van der Waals surface area contributed by atoms with Gasteiger partial charge in [-0.1, -0.05) is 0 Å². The van der Waals surface area contributed by atoms with Crippen molar-refractivity contribution in [1.82, 2.24) is 4.90 Å². The van der Waals surface area contributed by atoms with Crippen molar-refractivity contribution in [3.8, 4) is 0 Å². The zero-order valence-corrected chi connectivity index (χ0v) is 9.56. The molecule has 5 heteroatoms. The van der Waals surface area contributed by atoms with E-state index >= 15 is 0 Å². The van der Waals surface area contributed by atoms with Crippen LogP contribution >= 0.6 is 0 Å². The second kappa shape index (κ2) is 4.37. The van der Waals surface area contributed by atoms with E-state index in [0.29, 0.717) is 13.0 Å². The molecule has 1 aliphatic rings. The first-order chi connectivity index (χ1) is 6.83. The molecule has 0 aromatic heterocycles. The summed E-state index contributed by atoms with van der Waals surface area (Å²) in [7, 11) is 0. The summed E-state index contributed by atoms with van der Waals surface area (Å²) in [5.41, 5.74) is 5.22. The van der Waals surface area contributed by atoms with Crippen LogP contribution < -0.4 is 5.73 Å². The molecule has 1 fully saturated rings. The van der Waals surface area contributed by atoms with Crippen molar-refractivity contribution in [3.05, 3.63) is 0 Å². The lowest BCUT2D eigenvalue weighted by Crippen LogP contribution is -2.41. The Morgan fingerprint density at radius 3 is 2.67 bits per heavy atom. The third-order valence-corrected chi connectivity index (χ3v) is 2.29. The van der Waals surface area contributed by atoms with Crippen LogP contribution in [-0.4, -0.2) is 46.9 Å². The molecule has 2 atom stereocenters. The van der Waals surface area contributed by atoms with Crippen LogP contribution in [0.5, 0.6) is 0 Å². The molecular formula is C10H20N2O3. The van der Waals surface area contributed by atoms with E-state index in [1.54, 1.807) is 0 Å². The van der Waals surface area contributed by atoms with Crippen molar-refractivity contribution in [3.63, 3.8) is 0 Å². The quantitative estimate of drug-likeness (QED) is 0.661. The first-order valence-corrected chi connectivity index (χ1v) is 5.19. The predicted molar refractivity (Wildman–Crippen MR) is 56.4 cm³/mol. The average Bonchev–Trinajstić information content (AvgIpc) is 2.43. The molecule has 0 radical (unpaired) electrons. The summed E-state index contributed by atoms with van der Waals surface area (Å²) >= 11 is 0. The minimum absolute atomic E-state index is 0.0605. The van der Waals surface area contributed by atoms with Gasteiger partial charge in [-0.05, 0) is 27.2 Å². The molecule has 0 spiro atoms. The van der Waals surface area contributed by atoms with Gasteiger partial charge in [-0.15, -0.1) is 0 Å². The number of hydrogen-bond donors (Lipinski definition) is 2. The number of hydrogen-bond acceptors (Lipinski definition) is 4. The summed E-state index contributed by atoms with van der Waals surface area (Å²) in [6.07, 6.45) is 0.241. The predicted octanol–water partition coefficient (Wildman–Crippen LogP) is 0.315. The fourth-order valence-corrected chi connectivity index (χ4v) is 1.67. The normalized spacial score (nSPS) is 26.9. The first-order valence-electron chi connectivity index (χ1n) is 5.19. The molecule has 2 unspecified atom stereocenters. The van der Waals surface area contributed by atoms with Crippen molar-refractivity contribution in [2.45, 2.75) is 44.9 Å². The first kappa shape index (κ1) is 12.3. The number of carbonyl (C=O) groups is 1. The Morgan fingerprint density at radius 2 is 2.20 bits per heavy atom. The molecule has 1 rings (SSSR count). The molecule has 5 nitrogen and oxygen atoms in total. The highest BCUT2D eigenvalue weighted by atomic mass is 16.6. The lowest BCUT2D eigenvalue weighted by molar-refractivity contribution is 0.0175. The molecular weight excluding hydrogens is 196 g/mol. The van der Waals surface area contributed by atoms with Gasteiger partial charge in [0.2, 0.25) is 0 Å². The maximum Gasteiger partial charge on any atom is 0.410 e. The van der Waals surface area contributed by atoms with Crippen molar-refractivity contribution in [2.24, 2.45) is 5.73 Å². The second-order valence-corrected chi connectivity index (χ2v) is 4.96. The molecule has 0 aliphatic carbocycles. The topological polar surface area (TPSA) is 75.8 Å². The van der Waals surface area contributed by atoms with Crippen molar-refractivity contribution < 1.29 is 14.6 Å². The van der Waals surface area contributed by atoms with Crippen LogP contribution in [0.3, 0.4) is 0 Å². The summed E-state index contributed by atoms with van der Waals surface area (Å²) in [6.45, 7) is 5.84. The van der Waals surface area contributed by atoms with E-state index in [-0.39, 0.29) is 18.7 Å². The van der Waals surface area contributed by atoms with E-state index < -0.39 is 11.7 Å². The minimum atomic E-state index is -0.510. The van der Waals surface area contributed by atoms with E-state index in [2.05, 4.69) is 0 Å². The van der Waals surface area contributed by atoms with Gasteiger partial charge in [0, 0.05) is 12.6 Å². The number of ether oxygens (including phenoxy) is 1. The molecule has 0 aromatic carbocycles. The van der Waals surface area contributed by atoms with Crippen molar-refractivity contribution in [1.29, 1.82) is 0 Å². The van der Waals surface area contributed by atoms with Gasteiger partial charge in [-0.25, -0.2) is 4.79 Å². The third kappa shape index (κ3) is 3.35. The molecule has 0 bridgehead atoms. The summed E-state index contributed by atoms with van der Waals surface area (Å²) in [6, 6.07) is -0.260. The van der Waals surface area contributed by atoms with E-state index in [1.165, 1.54) is 4.90 Å². The van der Waals surface area contributed by atoms with Crippen LogP contribution in [0.25, 0.3) is 0 Å². The van der Waals surface area contributed by atoms with Crippen LogP contribution in [0.4, 0.5) is 4.79 Å². The number of nitrogens with zero attached hydrogens (tertiary/aromatic N) is 1. The fraction of sp³-hybridized carbons (Fsp3) is 0.900.